The first kappa shape index (κ1) is 10.7. The fourth-order valence-electron chi connectivity index (χ4n) is 1.42. The number of nitrogens with two attached hydrogens (primary N) is 1. The lowest BCUT2D eigenvalue weighted by molar-refractivity contribution is 0.416. The Bertz CT molecular complexity index is 516. The van der Waals surface area contributed by atoms with Crippen LogP contribution in [0.1, 0.15) is 0 Å². The molecule has 1 aromatic heterocycles. The number of methoxy groups -OCH3 is 1. The molecule has 4 nitrogen and oxygen atoms in total. The van der Waals surface area contributed by atoms with E-state index in [1.165, 1.54) is 6.20 Å². The number of aromatic nitrogens is 2. The minimum Gasteiger partial charge on any atom is -0.496 e. The Labute approximate surface area is 98.0 Å². The summed E-state index contributed by atoms with van der Waals surface area (Å²) in [5.74, 6) is 0.992. The average Bonchev–Trinajstić information content (AvgIpc) is 2.28. The number of benzene rings is 1. The molecule has 0 aliphatic heterocycles. The highest BCUT2D eigenvalue weighted by atomic mass is 35.5. The summed E-state index contributed by atoms with van der Waals surface area (Å²) in [7, 11) is 1.58. The molecule has 16 heavy (non-hydrogen) atoms. The van der Waals surface area contributed by atoms with E-state index in [2.05, 4.69) is 9.97 Å². The van der Waals surface area contributed by atoms with Crippen molar-refractivity contribution in [2.75, 3.05) is 12.8 Å². The molecule has 0 atom stereocenters. The van der Waals surface area contributed by atoms with Crippen LogP contribution in [0.5, 0.6) is 5.75 Å². The number of nitrogen functional groups attached to an aromatic ring is 1. The lowest BCUT2D eigenvalue weighted by Crippen LogP contribution is -1.96. The summed E-state index contributed by atoms with van der Waals surface area (Å²) in [6, 6.07) is 5.39. The Morgan fingerprint density at radius 1 is 1.31 bits per heavy atom. The van der Waals surface area contributed by atoms with Gasteiger partial charge in [0.15, 0.2) is 0 Å². The van der Waals surface area contributed by atoms with Gasteiger partial charge in [-0.1, -0.05) is 17.7 Å². The molecule has 0 aliphatic rings. The molecule has 0 bridgehead atoms. The highest BCUT2D eigenvalue weighted by Crippen LogP contribution is 2.34. The predicted molar refractivity (Wildman–Crippen MR) is 63.4 cm³/mol. The molecule has 0 unspecified atom stereocenters. The molecule has 1 aromatic carbocycles. The van der Waals surface area contributed by atoms with Gasteiger partial charge in [0.1, 0.15) is 11.6 Å². The first-order chi connectivity index (χ1) is 7.72. The van der Waals surface area contributed by atoms with Crippen molar-refractivity contribution in [2.45, 2.75) is 0 Å². The SMILES string of the molecule is COc1cccc(Cl)c1-c1cncc(N)n1. The van der Waals surface area contributed by atoms with Crippen LogP contribution in [0.15, 0.2) is 30.6 Å². The lowest BCUT2D eigenvalue weighted by Gasteiger charge is -2.09. The number of hydrogen-bond donors (Lipinski definition) is 1. The fourth-order valence-corrected chi connectivity index (χ4v) is 1.69. The van der Waals surface area contributed by atoms with Crippen molar-refractivity contribution in [2.24, 2.45) is 0 Å². The zero-order valence-electron chi connectivity index (χ0n) is 8.64. The van der Waals surface area contributed by atoms with Gasteiger partial charge in [-0.25, -0.2) is 4.98 Å². The molecule has 82 valence electrons. The van der Waals surface area contributed by atoms with E-state index in [0.29, 0.717) is 27.8 Å². The second-order valence-corrected chi connectivity index (χ2v) is 3.55. The number of nitrogens with zero attached hydrogens (tertiary/aromatic N) is 2. The van der Waals surface area contributed by atoms with Gasteiger partial charge >= 0.3 is 0 Å². The molecule has 2 N–H and O–H groups in total. The van der Waals surface area contributed by atoms with Crippen LogP contribution in [0, 0.1) is 0 Å². The third-order valence-corrected chi connectivity index (χ3v) is 2.42. The van der Waals surface area contributed by atoms with Crippen molar-refractivity contribution in [3.63, 3.8) is 0 Å². The summed E-state index contributed by atoms with van der Waals surface area (Å²) in [4.78, 5) is 8.14. The van der Waals surface area contributed by atoms with Crippen LogP contribution in [0.2, 0.25) is 5.02 Å². The Kier molecular flexibility index (Phi) is 2.92. The van der Waals surface area contributed by atoms with Gasteiger partial charge in [0.05, 0.1) is 35.8 Å². The van der Waals surface area contributed by atoms with Gasteiger partial charge in [-0.05, 0) is 12.1 Å². The maximum Gasteiger partial charge on any atom is 0.142 e. The number of ether oxygens (including phenoxy) is 1. The van der Waals surface area contributed by atoms with E-state index < -0.39 is 0 Å². The molecule has 0 aliphatic carbocycles. The van der Waals surface area contributed by atoms with Gasteiger partial charge in [0, 0.05) is 0 Å². The minimum absolute atomic E-state index is 0.347. The van der Waals surface area contributed by atoms with Gasteiger partial charge in [-0.15, -0.1) is 0 Å². The molecule has 2 rings (SSSR count). The molecule has 0 spiro atoms. The molecule has 0 radical (unpaired) electrons. The van der Waals surface area contributed by atoms with Crippen LogP contribution < -0.4 is 10.5 Å². The molecule has 1 heterocycles. The van der Waals surface area contributed by atoms with Crippen molar-refractivity contribution in [3.8, 4) is 17.0 Å². The quantitative estimate of drug-likeness (QED) is 0.868. The van der Waals surface area contributed by atoms with Gasteiger partial charge in [0.25, 0.3) is 0 Å². The monoisotopic (exact) mass is 235 g/mol. The second-order valence-electron chi connectivity index (χ2n) is 3.15. The fraction of sp³-hybridized carbons (Fsp3) is 0.0909. The molecule has 0 saturated heterocycles. The molecule has 2 aromatic rings. The van der Waals surface area contributed by atoms with Crippen LogP contribution in [0.4, 0.5) is 5.82 Å². The standard InChI is InChI=1S/C11H10ClN3O/c1-16-9-4-2-3-7(12)11(9)8-5-14-6-10(13)15-8/h2-6H,1H3,(H2,13,15). The number of hydrogen-bond acceptors (Lipinski definition) is 4. The summed E-state index contributed by atoms with van der Waals surface area (Å²) in [5, 5.41) is 0.555. The molecular formula is C11H10ClN3O. The van der Waals surface area contributed by atoms with Crippen molar-refractivity contribution >= 4 is 17.4 Å². The predicted octanol–water partition coefficient (Wildman–Crippen LogP) is 2.39. The maximum absolute atomic E-state index is 6.11. The average molecular weight is 236 g/mol. The third-order valence-electron chi connectivity index (χ3n) is 2.10. The molecule has 0 saturated carbocycles. The highest BCUT2D eigenvalue weighted by Gasteiger charge is 2.11. The van der Waals surface area contributed by atoms with Crippen LogP contribution in [0.3, 0.4) is 0 Å². The third kappa shape index (κ3) is 1.92. The van der Waals surface area contributed by atoms with E-state index in [4.69, 9.17) is 22.1 Å². The largest absolute Gasteiger partial charge is 0.496 e. The van der Waals surface area contributed by atoms with Crippen LogP contribution >= 0.6 is 11.6 Å². The first-order valence-corrected chi connectivity index (χ1v) is 5.00. The second kappa shape index (κ2) is 4.37. The van der Waals surface area contributed by atoms with E-state index >= 15 is 0 Å². The molecule has 5 heteroatoms. The van der Waals surface area contributed by atoms with Crippen molar-refractivity contribution < 1.29 is 4.74 Å². The summed E-state index contributed by atoms with van der Waals surface area (Å²) in [5.41, 5.74) is 6.88. The van der Waals surface area contributed by atoms with E-state index in [-0.39, 0.29) is 0 Å². The lowest BCUT2D eigenvalue weighted by atomic mass is 10.1. The Balaban J connectivity index is 2.63. The topological polar surface area (TPSA) is 61.0 Å². The Morgan fingerprint density at radius 2 is 2.12 bits per heavy atom. The minimum atomic E-state index is 0.347. The van der Waals surface area contributed by atoms with Gasteiger partial charge < -0.3 is 10.5 Å². The zero-order chi connectivity index (χ0) is 11.5. The van der Waals surface area contributed by atoms with E-state index in [1.807, 2.05) is 12.1 Å². The van der Waals surface area contributed by atoms with E-state index in [9.17, 15) is 0 Å². The van der Waals surface area contributed by atoms with E-state index in [0.717, 1.165) is 0 Å². The zero-order valence-corrected chi connectivity index (χ0v) is 9.40. The smallest absolute Gasteiger partial charge is 0.142 e. The summed E-state index contributed by atoms with van der Waals surface area (Å²) in [6.07, 6.45) is 3.08. The van der Waals surface area contributed by atoms with Crippen LogP contribution in [-0.4, -0.2) is 17.1 Å². The van der Waals surface area contributed by atoms with Crippen LogP contribution in [-0.2, 0) is 0 Å². The summed E-state index contributed by atoms with van der Waals surface area (Å²) < 4.78 is 5.23. The van der Waals surface area contributed by atoms with Gasteiger partial charge in [-0.2, -0.15) is 0 Å². The first-order valence-electron chi connectivity index (χ1n) is 4.63. The molecule has 0 fully saturated rings. The van der Waals surface area contributed by atoms with Crippen molar-refractivity contribution in [1.82, 2.24) is 9.97 Å². The summed E-state index contributed by atoms with van der Waals surface area (Å²) in [6.45, 7) is 0. The number of anilines is 1. The normalized spacial score (nSPS) is 10.1. The molecule has 0 amide bonds. The molecular weight excluding hydrogens is 226 g/mol. The summed E-state index contributed by atoms with van der Waals surface area (Å²) >= 11 is 6.11. The maximum atomic E-state index is 6.11. The highest BCUT2D eigenvalue weighted by molar-refractivity contribution is 6.33. The van der Waals surface area contributed by atoms with Gasteiger partial charge in [-0.3, -0.25) is 4.98 Å². The van der Waals surface area contributed by atoms with Gasteiger partial charge in [0.2, 0.25) is 0 Å². The Morgan fingerprint density at radius 3 is 2.81 bits per heavy atom. The van der Waals surface area contributed by atoms with Crippen molar-refractivity contribution in [1.29, 1.82) is 0 Å². The number of rotatable bonds is 2. The van der Waals surface area contributed by atoms with Crippen LogP contribution in [0.25, 0.3) is 11.3 Å². The number of halogens is 1. The van der Waals surface area contributed by atoms with E-state index in [1.54, 1.807) is 19.4 Å². The van der Waals surface area contributed by atoms with Crippen molar-refractivity contribution in [3.05, 3.63) is 35.6 Å². The Hall–Kier alpha value is -1.81.